The van der Waals surface area contributed by atoms with Gasteiger partial charge in [0.15, 0.2) is 0 Å². The molecule has 0 spiro atoms. The minimum atomic E-state index is -0.0396. The van der Waals surface area contributed by atoms with E-state index in [1.807, 2.05) is 42.6 Å². The summed E-state index contributed by atoms with van der Waals surface area (Å²) in [5, 5.41) is 4.69. The molecule has 5 rings (SSSR count). The van der Waals surface area contributed by atoms with Gasteiger partial charge in [-0.2, -0.15) is 0 Å². The average Bonchev–Trinajstić information content (AvgIpc) is 3.25. The number of fused-ring (bicyclic) bond motifs is 1. The zero-order valence-corrected chi connectivity index (χ0v) is 17.7. The van der Waals surface area contributed by atoms with Crippen LogP contribution >= 0.6 is 11.6 Å². The van der Waals surface area contributed by atoms with Crippen molar-refractivity contribution in [1.82, 2.24) is 14.5 Å². The van der Waals surface area contributed by atoms with Gasteiger partial charge >= 0.3 is 0 Å². The first-order valence-corrected chi connectivity index (χ1v) is 10.8. The Hall–Kier alpha value is -3.38. The van der Waals surface area contributed by atoms with Crippen molar-refractivity contribution in [2.24, 2.45) is 5.92 Å². The largest absolute Gasteiger partial charge is 0.356 e. The van der Waals surface area contributed by atoms with Gasteiger partial charge in [-0.1, -0.05) is 41.9 Å². The molecular formula is C24H22ClN5O. The smallest absolute Gasteiger partial charge is 0.227 e. The molecule has 0 saturated carbocycles. The molecule has 7 heteroatoms. The van der Waals surface area contributed by atoms with Crippen molar-refractivity contribution in [2.45, 2.75) is 12.8 Å². The van der Waals surface area contributed by atoms with E-state index in [9.17, 15) is 4.79 Å². The van der Waals surface area contributed by atoms with Crippen molar-refractivity contribution in [3.63, 3.8) is 0 Å². The van der Waals surface area contributed by atoms with Gasteiger partial charge in [-0.15, -0.1) is 0 Å². The second-order valence-corrected chi connectivity index (χ2v) is 8.12. The van der Waals surface area contributed by atoms with Gasteiger partial charge in [0, 0.05) is 31.3 Å². The number of benzene rings is 2. The Bertz CT molecular complexity index is 1230. The summed E-state index contributed by atoms with van der Waals surface area (Å²) in [4.78, 5) is 23.9. The van der Waals surface area contributed by atoms with Crippen molar-refractivity contribution in [3.8, 4) is 5.82 Å². The minimum absolute atomic E-state index is 0.0231. The van der Waals surface area contributed by atoms with Gasteiger partial charge in [-0.25, -0.2) is 9.97 Å². The van der Waals surface area contributed by atoms with E-state index in [-0.39, 0.29) is 11.8 Å². The quantitative estimate of drug-likeness (QED) is 0.497. The van der Waals surface area contributed by atoms with E-state index in [1.54, 1.807) is 12.4 Å². The fourth-order valence-corrected chi connectivity index (χ4v) is 4.28. The molecule has 1 N–H and O–H groups in total. The summed E-state index contributed by atoms with van der Waals surface area (Å²) in [5.74, 6) is 1.70. The maximum absolute atomic E-state index is 12.7. The number of aromatic nitrogens is 3. The van der Waals surface area contributed by atoms with E-state index in [4.69, 9.17) is 11.6 Å². The number of amides is 1. The molecule has 2 aromatic carbocycles. The summed E-state index contributed by atoms with van der Waals surface area (Å²) in [5.41, 5.74) is 1.78. The molecule has 0 atom stereocenters. The zero-order chi connectivity index (χ0) is 21.2. The molecule has 1 aliphatic heterocycles. The summed E-state index contributed by atoms with van der Waals surface area (Å²) in [6.07, 6.45) is 5.17. The lowest BCUT2D eigenvalue weighted by Gasteiger charge is -2.32. The monoisotopic (exact) mass is 431 g/mol. The molecule has 0 bridgehead atoms. The molecular weight excluding hydrogens is 410 g/mol. The van der Waals surface area contributed by atoms with Crippen LogP contribution in [0.1, 0.15) is 12.8 Å². The molecule has 6 nitrogen and oxygen atoms in total. The van der Waals surface area contributed by atoms with Crippen molar-refractivity contribution < 1.29 is 4.79 Å². The first-order valence-electron chi connectivity index (χ1n) is 10.4. The number of para-hydroxylation sites is 2. The second kappa shape index (κ2) is 8.40. The number of nitrogens with one attached hydrogen (secondary N) is 1. The maximum atomic E-state index is 12.7. The Morgan fingerprint density at radius 2 is 1.71 bits per heavy atom. The highest BCUT2D eigenvalue weighted by Gasteiger charge is 2.26. The molecule has 4 aromatic rings. The van der Waals surface area contributed by atoms with Crippen molar-refractivity contribution in [3.05, 3.63) is 78.2 Å². The van der Waals surface area contributed by atoms with Crippen LogP contribution in [0.4, 0.5) is 11.5 Å². The summed E-state index contributed by atoms with van der Waals surface area (Å²) in [7, 11) is 0. The fraction of sp³-hybridized carbons (Fsp3) is 0.208. The number of carbonyl (C=O) groups is 1. The molecule has 0 aliphatic carbocycles. The van der Waals surface area contributed by atoms with Crippen LogP contribution in [0, 0.1) is 5.92 Å². The van der Waals surface area contributed by atoms with Crippen LogP contribution in [0.2, 0.25) is 5.02 Å². The molecule has 3 heterocycles. The normalized spacial score (nSPS) is 14.7. The number of nitrogens with zero attached hydrogens (tertiary/aromatic N) is 4. The number of carbonyl (C=O) groups excluding carboxylic acids is 1. The highest BCUT2D eigenvalue weighted by Crippen LogP contribution is 2.27. The minimum Gasteiger partial charge on any atom is -0.356 e. The van der Waals surface area contributed by atoms with E-state index < -0.39 is 0 Å². The predicted molar refractivity (Wildman–Crippen MR) is 124 cm³/mol. The average molecular weight is 432 g/mol. The highest BCUT2D eigenvalue weighted by molar-refractivity contribution is 6.33. The first kappa shape index (κ1) is 19.6. The van der Waals surface area contributed by atoms with Crippen molar-refractivity contribution in [1.29, 1.82) is 0 Å². The van der Waals surface area contributed by atoms with Crippen LogP contribution in [0.5, 0.6) is 0 Å². The number of hydrogen-bond donors (Lipinski definition) is 1. The number of halogens is 1. The van der Waals surface area contributed by atoms with Gasteiger partial charge < -0.3 is 14.8 Å². The Morgan fingerprint density at radius 1 is 0.968 bits per heavy atom. The van der Waals surface area contributed by atoms with Gasteiger partial charge in [0.2, 0.25) is 5.91 Å². The molecule has 156 valence electrons. The Kier molecular flexibility index (Phi) is 5.30. The third-order valence-electron chi connectivity index (χ3n) is 5.81. The lowest BCUT2D eigenvalue weighted by atomic mass is 9.96. The molecule has 1 saturated heterocycles. The Balaban J connectivity index is 1.27. The van der Waals surface area contributed by atoms with E-state index in [0.29, 0.717) is 10.7 Å². The van der Waals surface area contributed by atoms with Crippen LogP contribution < -0.4 is 10.2 Å². The van der Waals surface area contributed by atoms with Crippen LogP contribution in [-0.2, 0) is 4.79 Å². The lowest BCUT2D eigenvalue weighted by molar-refractivity contribution is -0.120. The summed E-state index contributed by atoms with van der Waals surface area (Å²) in [6.45, 7) is 1.53. The van der Waals surface area contributed by atoms with Crippen LogP contribution in [0.15, 0.2) is 73.2 Å². The van der Waals surface area contributed by atoms with E-state index in [2.05, 4.69) is 43.0 Å². The highest BCUT2D eigenvalue weighted by atomic mass is 35.5. The Labute approximate surface area is 185 Å². The van der Waals surface area contributed by atoms with E-state index in [0.717, 1.165) is 43.1 Å². The van der Waals surface area contributed by atoms with Crippen LogP contribution in [0.25, 0.3) is 16.7 Å². The second-order valence-electron chi connectivity index (χ2n) is 7.71. The van der Waals surface area contributed by atoms with E-state index in [1.165, 1.54) is 5.39 Å². The molecule has 0 unspecified atom stereocenters. The van der Waals surface area contributed by atoms with Crippen LogP contribution in [-0.4, -0.2) is 33.5 Å². The predicted octanol–water partition coefficient (Wildman–Crippen LogP) is 4.93. The van der Waals surface area contributed by atoms with Crippen molar-refractivity contribution >= 4 is 39.9 Å². The first-order chi connectivity index (χ1) is 15.2. The lowest BCUT2D eigenvalue weighted by Crippen LogP contribution is -2.38. The SMILES string of the molecule is O=C(Nc1ccccc1Cl)C1CCN(c2cc(-n3ccc4ccccc43)ncn2)CC1. The number of piperidine rings is 1. The molecule has 0 radical (unpaired) electrons. The molecule has 1 fully saturated rings. The third kappa shape index (κ3) is 3.99. The van der Waals surface area contributed by atoms with Gasteiger partial charge in [0.25, 0.3) is 0 Å². The zero-order valence-electron chi connectivity index (χ0n) is 16.9. The summed E-state index contributed by atoms with van der Waals surface area (Å²) < 4.78 is 2.07. The number of rotatable bonds is 4. The maximum Gasteiger partial charge on any atom is 0.227 e. The third-order valence-corrected chi connectivity index (χ3v) is 6.14. The standard InChI is InChI=1S/C24H22ClN5O/c25-19-6-2-3-7-20(19)28-24(31)18-9-12-29(13-10-18)22-15-23(27-16-26-22)30-14-11-17-5-1-4-8-21(17)30/h1-8,11,14-16,18H,9-10,12-13H2,(H,28,31). The molecule has 1 amide bonds. The van der Waals surface area contributed by atoms with Crippen LogP contribution in [0.3, 0.4) is 0 Å². The summed E-state index contributed by atoms with van der Waals surface area (Å²) in [6, 6.07) is 19.6. The molecule has 2 aromatic heterocycles. The fourth-order valence-electron chi connectivity index (χ4n) is 4.09. The van der Waals surface area contributed by atoms with Gasteiger partial charge in [-0.3, -0.25) is 4.79 Å². The van der Waals surface area contributed by atoms with Crippen molar-refractivity contribution in [2.75, 3.05) is 23.3 Å². The summed E-state index contributed by atoms with van der Waals surface area (Å²) >= 11 is 6.16. The Morgan fingerprint density at radius 3 is 2.55 bits per heavy atom. The van der Waals surface area contributed by atoms with Gasteiger partial charge in [0.05, 0.1) is 16.2 Å². The molecule has 31 heavy (non-hydrogen) atoms. The number of hydrogen-bond acceptors (Lipinski definition) is 4. The molecule has 1 aliphatic rings. The van der Waals surface area contributed by atoms with E-state index >= 15 is 0 Å². The van der Waals surface area contributed by atoms with Gasteiger partial charge in [0.1, 0.15) is 18.0 Å². The van der Waals surface area contributed by atoms with Gasteiger partial charge in [-0.05, 0) is 42.5 Å². The topological polar surface area (TPSA) is 63.1 Å². The number of anilines is 2.